The number of anilines is 1. The van der Waals surface area contributed by atoms with E-state index >= 15 is 0 Å². The highest BCUT2D eigenvalue weighted by molar-refractivity contribution is 6.00. The van der Waals surface area contributed by atoms with Gasteiger partial charge in [-0.3, -0.25) is 4.79 Å². The minimum absolute atomic E-state index is 0.194. The molecule has 0 bridgehead atoms. The van der Waals surface area contributed by atoms with E-state index in [1.54, 1.807) is 4.90 Å². The van der Waals surface area contributed by atoms with Gasteiger partial charge in [0.2, 0.25) is 5.91 Å². The smallest absolute Gasteiger partial charge is 0.231 e. The lowest BCUT2D eigenvalue weighted by Gasteiger charge is -2.20. The van der Waals surface area contributed by atoms with Crippen molar-refractivity contribution in [2.75, 3.05) is 19.0 Å². The molecule has 19 heavy (non-hydrogen) atoms. The van der Waals surface area contributed by atoms with Crippen molar-refractivity contribution < 1.29 is 4.79 Å². The predicted molar refractivity (Wildman–Crippen MR) is 77.2 cm³/mol. The van der Waals surface area contributed by atoms with E-state index in [1.165, 1.54) is 17.5 Å². The Balaban J connectivity index is 1.91. The van der Waals surface area contributed by atoms with Crippen molar-refractivity contribution in [3.8, 4) is 0 Å². The summed E-state index contributed by atoms with van der Waals surface area (Å²) in [5, 5.41) is 3.45. The fourth-order valence-corrected chi connectivity index (χ4v) is 3.36. The van der Waals surface area contributed by atoms with Crippen molar-refractivity contribution in [2.45, 2.75) is 32.7 Å². The summed E-state index contributed by atoms with van der Waals surface area (Å²) < 4.78 is 0. The van der Waals surface area contributed by atoms with E-state index in [9.17, 15) is 4.79 Å². The van der Waals surface area contributed by atoms with E-state index in [1.807, 2.05) is 14.1 Å². The summed E-state index contributed by atoms with van der Waals surface area (Å²) in [5.74, 6) is 0.894. The molecule has 1 saturated carbocycles. The van der Waals surface area contributed by atoms with Crippen LogP contribution in [0, 0.1) is 11.3 Å². The van der Waals surface area contributed by atoms with Crippen LogP contribution >= 0.6 is 0 Å². The topological polar surface area (TPSA) is 32.3 Å². The van der Waals surface area contributed by atoms with Gasteiger partial charge in [0.15, 0.2) is 0 Å². The highest BCUT2D eigenvalue weighted by atomic mass is 16.2. The molecule has 1 fully saturated rings. The maximum atomic E-state index is 11.7. The zero-order valence-electron chi connectivity index (χ0n) is 12.2. The summed E-state index contributed by atoms with van der Waals surface area (Å²) in [6.07, 6.45) is 1.82. The van der Waals surface area contributed by atoms with Gasteiger partial charge < -0.3 is 10.2 Å². The second-order valence-corrected chi connectivity index (χ2v) is 6.58. The molecule has 0 spiro atoms. The number of nitrogens with one attached hydrogen (secondary N) is 1. The molecule has 1 N–H and O–H groups in total. The second-order valence-electron chi connectivity index (χ2n) is 6.58. The van der Waals surface area contributed by atoms with Crippen LogP contribution in [-0.4, -0.2) is 20.0 Å². The third kappa shape index (κ3) is 1.96. The van der Waals surface area contributed by atoms with E-state index in [0.717, 1.165) is 5.69 Å². The van der Waals surface area contributed by atoms with E-state index < -0.39 is 0 Å². The summed E-state index contributed by atoms with van der Waals surface area (Å²) in [5.41, 5.74) is 4.00. The molecule has 102 valence electrons. The number of rotatable bonds is 3. The lowest BCUT2D eigenvalue weighted by atomic mass is 9.95. The minimum Gasteiger partial charge on any atom is -0.315 e. The SMILES string of the molecule is CNC(c1ccc2c(c1)CC(=O)N2C)C1CC1(C)C. The predicted octanol–water partition coefficient (Wildman–Crippen LogP) is 2.51. The quantitative estimate of drug-likeness (QED) is 0.903. The van der Waals surface area contributed by atoms with Gasteiger partial charge in [-0.05, 0) is 42.0 Å². The van der Waals surface area contributed by atoms with Gasteiger partial charge >= 0.3 is 0 Å². The fourth-order valence-electron chi connectivity index (χ4n) is 3.36. The molecule has 2 aliphatic rings. The minimum atomic E-state index is 0.194. The Morgan fingerprint density at radius 2 is 2.11 bits per heavy atom. The largest absolute Gasteiger partial charge is 0.315 e. The molecule has 1 amide bonds. The monoisotopic (exact) mass is 258 g/mol. The third-order valence-electron chi connectivity index (χ3n) is 4.84. The molecule has 1 aromatic rings. The molecule has 3 heteroatoms. The Morgan fingerprint density at radius 3 is 2.68 bits per heavy atom. The van der Waals surface area contributed by atoms with Crippen molar-refractivity contribution in [2.24, 2.45) is 11.3 Å². The maximum Gasteiger partial charge on any atom is 0.231 e. The molecular formula is C16H22N2O. The Kier molecular flexibility index (Phi) is 2.72. The van der Waals surface area contributed by atoms with Crippen LogP contribution in [0.15, 0.2) is 18.2 Å². The number of amides is 1. The van der Waals surface area contributed by atoms with Crippen LogP contribution in [0.5, 0.6) is 0 Å². The number of fused-ring (bicyclic) bond motifs is 1. The van der Waals surface area contributed by atoms with Crippen molar-refractivity contribution in [3.63, 3.8) is 0 Å². The first-order chi connectivity index (χ1) is 8.94. The second kappa shape index (κ2) is 4.07. The molecule has 2 atom stereocenters. The lowest BCUT2D eigenvalue weighted by molar-refractivity contribution is -0.117. The number of carbonyl (C=O) groups is 1. The number of hydrogen-bond acceptors (Lipinski definition) is 2. The van der Waals surface area contributed by atoms with Crippen molar-refractivity contribution >= 4 is 11.6 Å². The van der Waals surface area contributed by atoms with Gasteiger partial charge in [-0.15, -0.1) is 0 Å². The number of benzene rings is 1. The van der Waals surface area contributed by atoms with Crippen molar-refractivity contribution in [1.29, 1.82) is 0 Å². The molecule has 2 unspecified atom stereocenters. The molecule has 3 nitrogen and oxygen atoms in total. The summed E-state index contributed by atoms with van der Waals surface area (Å²) in [4.78, 5) is 13.5. The van der Waals surface area contributed by atoms with Gasteiger partial charge in [0.05, 0.1) is 6.42 Å². The Morgan fingerprint density at radius 1 is 1.42 bits per heavy atom. The Hall–Kier alpha value is -1.35. The lowest BCUT2D eigenvalue weighted by Crippen LogP contribution is -2.21. The van der Waals surface area contributed by atoms with Crippen LogP contribution in [0.2, 0.25) is 0 Å². The van der Waals surface area contributed by atoms with E-state index in [2.05, 4.69) is 37.4 Å². The van der Waals surface area contributed by atoms with Crippen LogP contribution in [0.4, 0.5) is 5.69 Å². The van der Waals surface area contributed by atoms with E-state index in [-0.39, 0.29) is 5.91 Å². The highest BCUT2D eigenvalue weighted by Gasteiger charge is 2.50. The van der Waals surface area contributed by atoms with Crippen LogP contribution in [0.1, 0.15) is 37.4 Å². The average Bonchev–Trinajstić information content (AvgIpc) is 2.88. The zero-order valence-corrected chi connectivity index (χ0v) is 12.2. The fraction of sp³-hybridized carbons (Fsp3) is 0.562. The first-order valence-corrected chi connectivity index (χ1v) is 7.00. The van der Waals surface area contributed by atoms with Crippen molar-refractivity contribution in [3.05, 3.63) is 29.3 Å². The maximum absolute atomic E-state index is 11.7. The normalized spacial score (nSPS) is 25.4. The van der Waals surface area contributed by atoms with Crippen molar-refractivity contribution in [1.82, 2.24) is 5.32 Å². The molecule has 3 rings (SSSR count). The van der Waals surface area contributed by atoms with E-state index in [0.29, 0.717) is 23.8 Å². The van der Waals surface area contributed by atoms with E-state index in [4.69, 9.17) is 0 Å². The van der Waals surface area contributed by atoms with Gasteiger partial charge in [0, 0.05) is 18.8 Å². The molecular weight excluding hydrogens is 236 g/mol. The van der Waals surface area contributed by atoms with Crippen LogP contribution in [-0.2, 0) is 11.2 Å². The van der Waals surface area contributed by atoms with Crippen LogP contribution in [0.3, 0.4) is 0 Å². The summed E-state index contributed by atoms with van der Waals surface area (Å²) in [7, 11) is 3.89. The molecule has 1 aromatic carbocycles. The van der Waals surface area contributed by atoms with Gasteiger partial charge in [-0.2, -0.15) is 0 Å². The molecule has 0 radical (unpaired) electrons. The van der Waals surface area contributed by atoms with Gasteiger partial charge in [-0.25, -0.2) is 0 Å². The Labute approximate surface area is 115 Å². The average molecular weight is 258 g/mol. The number of likely N-dealkylation sites (N-methyl/N-ethyl adjacent to an activating group) is 1. The standard InChI is InChI=1S/C16H22N2O/c1-16(2)9-12(16)15(17-3)10-5-6-13-11(7-10)8-14(19)18(13)4/h5-7,12,15,17H,8-9H2,1-4H3. The summed E-state index contributed by atoms with van der Waals surface area (Å²) in [6, 6.07) is 6.88. The van der Waals surface area contributed by atoms with Gasteiger partial charge in [-0.1, -0.05) is 26.0 Å². The zero-order chi connectivity index (χ0) is 13.8. The number of carbonyl (C=O) groups excluding carboxylic acids is 1. The summed E-state index contributed by atoms with van der Waals surface area (Å²) >= 11 is 0. The summed E-state index contributed by atoms with van der Waals surface area (Å²) in [6.45, 7) is 4.65. The molecule has 1 aliphatic carbocycles. The first-order valence-electron chi connectivity index (χ1n) is 7.00. The highest BCUT2D eigenvalue weighted by Crippen LogP contribution is 2.57. The van der Waals surface area contributed by atoms with Gasteiger partial charge in [0.25, 0.3) is 0 Å². The third-order valence-corrected chi connectivity index (χ3v) is 4.84. The van der Waals surface area contributed by atoms with Crippen LogP contribution < -0.4 is 10.2 Å². The van der Waals surface area contributed by atoms with Gasteiger partial charge in [0.1, 0.15) is 0 Å². The molecule has 0 aromatic heterocycles. The molecule has 0 saturated heterocycles. The Bertz CT molecular complexity index is 536. The number of hydrogen-bond donors (Lipinski definition) is 1. The molecule has 1 aliphatic heterocycles. The molecule has 1 heterocycles. The van der Waals surface area contributed by atoms with Crippen LogP contribution in [0.25, 0.3) is 0 Å². The first kappa shape index (κ1) is 12.7. The number of nitrogens with zero attached hydrogens (tertiary/aromatic N) is 1.